The summed E-state index contributed by atoms with van der Waals surface area (Å²) in [6.45, 7) is 2.04. The van der Waals surface area contributed by atoms with E-state index in [4.69, 9.17) is 15.2 Å². The third-order valence-electron chi connectivity index (χ3n) is 4.01. The minimum Gasteiger partial charge on any atom is -0.487 e. The number of nitrogens with two attached hydrogens (primary N) is 1. The van der Waals surface area contributed by atoms with Gasteiger partial charge in [-0.15, -0.1) is 22.7 Å². The summed E-state index contributed by atoms with van der Waals surface area (Å²) in [7, 11) is 1.69. The highest BCUT2D eigenvalue weighted by Crippen LogP contribution is 2.40. The Kier molecular flexibility index (Phi) is 3.15. The van der Waals surface area contributed by atoms with Crippen LogP contribution in [0.3, 0.4) is 0 Å². The first-order valence-corrected chi connectivity index (χ1v) is 8.59. The fraction of sp³-hybridized carbons (Fsp3) is 0.400. The smallest absolute Gasteiger partial charge is 0.130 e. The predicted octanol–water partition coefficient (Wildman–Crippen LogP) is 3.31. The minimum atomic E-state index is -0.0161. The van der Waals surface area contributed by atoms with Gasteiger partial charge in [0.1, 0.15) is 18.0 Å². The number of fused-ring (bicyclic) bond motifs is 3. The van der Waals surface area contributed by atoms with Crippen LogP contribution in [-0.4, -0.2) is 30.3 Å². The highest BCUT2D eigenvalue weighted by Gasteiger charge is 2.41. The van der Waals surface area contributed by atoms with E-state index in [1.165, 1.54) is 9.40 Å². The monoisotopic (exact) mass is 320 g/mol. The molecule has 0 saturated heterocycles. The average molecular weight is 320 g/mol. The van der Waals surface area contributed by atoms with Gasteiger partial charge < -0.3 is 15.2 Å². The van der Waals surface area contributed by atoms with Crippen molar-refractivity contribution in [2.75, 3.05) is 7.11 Å². The Morgan fingerprint density at radius 2 is 2.29 bits per heavy atom. The van der Waals surface area contributed by atoms with Crippen molar-refractivity contribution in [3.63, 3.8) is 0 Å². The predicted molar refractivity (Wildman–Crippen MR) is 87.5 cm³/mol. The molecule has 2 heterocycles. The van der Waals surface area contributed by atoms with Gasteiger partial charge in [-0.25, -0.2) is 4.98 Å². The van der Waals surface area contributed by atoms with E-state index >= 15 is 0 Å². The van der Waals surface area contributed by atoms with E-state index in [9.17, 15) is 0 Å². The van der Waals surface area contributed by atoms with E-state index in [1.807, 2.05) is 6.92 Å². The van der Waals surface area contributed by atoms with Crippen LogP contribution in [0.2, 0.25) is 0 Å². The van der Waals surface area contributed by atoms with Gasteiger partial charge in [0.25, 0.3) is 0 Å². The Hall–Kier alpha value is -1.21. The number of hydrogen-bond acceptors (Lipinski definition) is 6. The molecule has 6 heteroatoms. The molecule has 1 saturated carbocycles. The molecule has 1 aliphatic carbocycles. The van der Waals surface area contributed by atoms with Crippen molar-refractivity contribution >= 4 is 43.0 Å². The van der Waals surface area contributed by atoms with Crippen molar-refractivity contribution in [1.82, 2.24) is 4.98 Å². The molecule has 0 bridgehead atoms. The number of aryl methyl sites for hydroxylation is 1. The molecular weight excluding hydrogens is 304 g/mol. The summed E-state index contributed by atoms with van der Waals surface area (Å²) < 4.78 is 14.0. The summed E-state index contributed by atoms with van der Waals surface area (Å²) in [4.78, 5) is 4.64. The Balaban J connectivity index is 1.78. The second-order valence-electron chi connectivity index (χ2n) is 5.37. The van der Waals surface area contributed by atoms with Crippen LogP contribution in [0.25, 0.3) is 20.3 Å². The van der Waals surface area contributed by atoms with Gasteiger partial charge in [-0.3, -0.25) is 0 Å². The van der Waals surface area contributed by atoms with Gasteiger partial charge >= 0.3 is 0 Å². The third-order valence-corrected chi connectivity index (χ3v) is 5.85. The number of hydrogen-bond donors (Lipinski definition) is 1. The lowest BCUT2D eigenvalue weighted by Crippen LogP contribution is -2.59. The molecule has 0 spiro atoms. The summed E-state index contributed by atoms with van der Waals surface area (Å²) in [5.41, 5.74) is 7.04. The van der Waals surface area contributed by atoms with E-state index in [-0.39, 0.29) is 18.2 Å². The maximum Gasteiger partial charge on any atom is 0.130 e. The summed E-state index contributed by atoms with van der Waals surface area (Å²) in [5.74, 6) is 0.918. The molecule has 0 amide bonds. The molecular formula is C15H16N2O2S2. The van der Waals surface area contributed by atoms with Crippen molar-refractivity contribution in [2.24, 2.45) is 5.73 Å². The number of aromatic nitrogens is 1. The van der Waals surface area contributed by atoms with Gasteiger partial charge in [-0.1, -0.05) is 0 Å². The van der Waals surface area contributed by atoms with Crippen LogP contribution in [0.15, 0.2) is 17.5 Å². The molecule has 110 valence electrons. The lowest BCUT2D eigenvalue weighted by molar-refractivity contribution is -0.0776. The van der Waals surface area contributed by atoms with E-state index in [1.54, 1.807) is 29.8 Å². The fourth-order valence-corrected chi connectivity index (χ4v) is 4.74. The van der Waals surface area contributed by atoms with Gasteiger partial charge in [0.15, 0.2) is 0 Å². The number of ether oxygens (including phenoxy) is 2. The topological polar surface area (TPSA) is 57.4 Å². The average Bonchev–Trinajstić information content (AvgIpc) is 3.03. The Morgan fingerprint density at radius 1 is 1.43 bits per heavy atom. The van der Waals surface area contributed by atoms with Crippen molar-refractivity contribution in [3.05, 3.63) is 22.5 Å². The summed E-state index contributed by atoms with van der Waals surface area (Å²) in [6, 6.07) is 4.28. The molecule has 3 atom stereocenters. The molecule has 1 aliphatic rings. The molecule has 4 nitrogen and oxygen atoms in total. The fourth-order valence-electron chi connectivity index (χ4n) is 2.91. The number of nitrogens with zero attached hydrogens (tertiary/aromatic N) is 1. The zero-order valence-corrected chi connectivity index (χ0v) is 13.5. The standard InChI is InChI=1S/C15H16N2O2S2/c1-7-17-13-12(21-7)6-10(8-3-4-20-15(8)13)19-11-5-9(16)14(11)18-2/h3-4,6,9,11,14H,5,16H2,1-2H3. The number of thiazole rings is 1. The van der Waals surface area contributed by atoms with Gasteiger partial charge in [0, 0.05) is 31.0 Å². The van der Waals surface area contributed by atoms with Crippen molar-refractivity contribution in [1.29, 1.82) is 0 Å². The van der Waals surface area contributed by atoms with Crippen LogP contribution < -0.4 is 10.5 Å². The second-order valence-corrected chi connectivity index (χ2v) is 7.52. The highest BCUT2D eigenvalue weighted by atomic mass is 32.1. The SMILES string of the molecule is COC1C(N)CC1Oc1cc2sc(C)nc2c2sccc12. The minimum absolute atomic E-state index is 0.0161. The summed E-state index contributed by atoms with van der Waals surface area (Å²) in [6.07, 6.45) is 0.862. The molecule has 3 unspecified atom stereocenters. The lowest BCUT2D eigenvalue weighted by Gasteiger charge is -2.41. The van der Waals surface area contributed by atoms with E-state index < -0.39 is 0 Å². The van der Waals surface area contributed by atoms with E-state index in [2.05, 4.69) is 22.5 Å². The Morgan fingerprint density at radius 3 is 3.05 bits per heavy atom. The molecule has 0 aliphatic heterocycles. The van der Waals surface area contributed by atoms with E-state index in [0.29, 0.717) is 0 Å². The Bertz CT molecular complexity index is 811. The zero-order valence-electron chi connectivity index (χ0n) is 11.8. The summed E-state index contributed by atoms with van der Waals surface area (Å²) >= 11 is 3.42. The molecule has 2 aromatic heterocycles. The lowest BCUT2D eigenvalue weighted by atomic mass is 9.86. The third kappa shape index (κ3) is 2.05. The molecule has 0 radical (unpaired) electrons. The van der Waals surface area contributed by atoms with Crippen molar-refractivity contribution < 1.29 is 9.47 Å². The maximum atomic E-state index is 6.19. The van der Waals surface area contributed by atoms with Crippen LogP contribution >= 0.6 is 22.7 Å². The number of benzene rings is 1. The molecule has 1 fully saturated rings. The Labute approximate surface area is 130 Å². The first-order chi connectivity index (χ1) is 10.2. The first-order valence-electron chi connectivity index (χ1n) is 6.89. The summed E-state index contributed by atoms with van der Waals surface area (Å²) in [5, 5.41) is 4.30. The normalized spacial score (nSPS) is 25.4. The molecule has 3 aromatic rings. The van der Waals surface area contributed by atoms with Crippen molar-refractivity contribution in [2.45, 2.75) is 31.6 Å². The maximum absolute atomic E-state index is 6.19. The van der Waals surface area contributed by atoms with Crippen LogP contribution in [0.5, 0.6) is 5.75 Å². The van der Waals surface area contributed by atoms with Gasteiger partial charge in [0.2, 0.25) is 0 Å². The molecule has 2 N–H and O–H groups in total. The molecule has 1 aromatic carbocycles. The first kappa shape index (κ1) is 13.5. The van der Waals surface area contributed by atoms with Crippen LogP contribution in [0, 0.1) is 6.92 Å². The molecule has 21 heavy (non-hydrogen) atoms. The van der Waals surface area contributed by atoms with E-state index in [0.717, 1.165) is 28.1 Å². The van der Waals surface area contributed by atoms with Gasteiger partial charge in [-0.2, -0.15) is 0 Å². The number of methoxy groups -OCH3 is 1. The van der Waals surface area contributed by atoms with Gasteiger partial charge in [0.05, 0.1) is 19.9 Å². The number of thiophene rings is 1. The second kappa shape index (κ2) is 4.91. The highest BCUT2D eigenvalue weighted by molar-refractivity contribution is 7.21. The quantitative estimate of drug-likeness (QED) is 0.804. The van der Waals surface area contributed by atoms with Crippen LogP contribution in [0.1, 0.15) is 11.4 Å². The number of rotatable bonds is 3. The van der Waals surface area contributed by atoms with Crippen LogP contribution in [0.4, 0.5) is 0 Å². The van der Waals surface area contributed by atoms with Crippen LogP contribution in [-0.2, 0) is 4.74 Å². The van der Waals surface area contributed by atoms with Gasteiger partial charge in [-0.05, 0) is 18.4 Å². The van der Waals surface area contributed by atoms with Crippen molar-refractivity contribution in [3.8, 4) is 5.75 Å². The largest absolute Gasteiger partial charge is 0.487 e. The zero-order chi connectivity index (χ0) is 14.6. The molecule has 4 rings (SSSR count).